The van der Waals surface area contributed by atoms with E-state index in [1.165, 1.54) is 69.8 Å². The van der Waals surface area contributed by atoms with Crippen LogP contribution in [0, 0.1) is 62.6 Å². The maximum Gasteiger partial charge on any atom is -0.0172 e. The Hall–Kier alpha value is -0.260. The molecule has 0 aliphatic heterocycles. The molecule has 0 radical (unpaired) electrons. The first-order valence-electron chi connectivity index (χ1n) is 14.0. The van der Waals surface area contributed by atoms with Gasteiger partial charge in [-0.05, 0) is 134 Å². The Kier molecular flexibility index (Phi) is 4.84. The minimum Gasteiger partial charge on any atom is -0.0998 e. The number of hydrogen-bond acceptors (Lipinski definition) is 0. The second-order valence-electron chi connectivity index (χ2n) is 15.1. The maximum absolute atomic E-state index is 4.51. The molecule has 5 fully saturated rings. The molecule has 5 saturated carbocycles. The zero-order valence-corrected chi connectivity index (χ0v) is 22.2. The molecule has 9 unspecified atom stereocenters. The van der Waals surface area contributed by atoms with Crippen LogP contribution in [0.2, 0.25) is 0 Å². The second-order valence-corrected chi connectivity index (χ2v) is 15.1. The van der Waals surface area contributed by atoms with Crippen molar-refractivity contribution in [3.8, 4) is 0 Å². The van der Waals surface area contributed by atoms with E-state index in [1.807, 2.05) is 0 Å². The SMILES string of the molecule is C=C(C)C1CCC2(C)CC[C@]3(C)C(CCC4C5(C)CCC(C)C(C)(C)C5CCC43C)C12. The molecular weight excluding hydrogens is 372 g/mol. The summed E-state index contributed by atoms with van der Waals surface area (Å²) in [6.45, 7) is 25.6. The van der Waals surface area contributed by atoms with Crippen LogP contribution in [0.25, 0.3) is 0 Å². The van der Waals surface area contributed by atoms with Gasteiger partial charge in [-0.1, -0.05) is 60.6 Å². The monoisotopic (exact) mass is 424 g/mol. The fourth-order valence-corrected chi connectivity index (χ4v) is 11.7. The molecule has 0 aromatic carbocycles. The Morgan fingerprint density at radius 2 is 1.42 bits per heavy atom. The number of rotatable bonds is 1. The Morgan fingerprint density at radius 1 is 0.710 bits per heavy atom. The van der Waals surface area contributed by atoms with E-state index in [0.29, 0.717) is 27.1 Å². The highest BCUT2D eigenvalue weighted by molar-refractivity contribution is 5.20. The quantitative estimate of drug-likeness (QED) is 0.368. The smallest absolute Gasteiger partial charge is 0.0172 e. The van der Waals surface area contributed by atoms with Gasteiger partial charge in [0.05, 0.1) is 0 Å². The molecule has 0 spiro atoms. The lowest BCUT2D eigenvalue weighted by atomic mass is 9.32. The van der Waals surface area contributed by atoms with Crippen molar-refractivity contribution in [3.63, 3.8) is 0 Å². The number of hydrogen-bond donors (Lipinski definition) is 0. The minimum absolute atomic E-state index is 0.508. The Balaban J connectivity index is 1.54. The summed E-state index contributed by atoms with van der Waals surface area (Å²) in [6.07, 6.45) is 14.7. The van der Waals surface area contributed by atoms with Gasteiger partial charge in [0.2, 0.25) is 0 Å². The second kappa shape index (κ2) is 6.66. The van der Waals surface area contributed by atoms with Crippen LogP contribution in [0.15, 0.2) is 12.2 Å². The van der Waals surface area contributed by atoms with Crippen molar-refractivity contribution in [1.82, 2.24) is 0 Å². The Morgan fingerprint density at radius 3 is 2.10 bits per heavy atom. The van der Waals surface area contributed by atoms with Crippen molar-refractivity contribution in [2.75, 3.05) is 0 Å². The van der Waals surface area contributed by atoms with E-state index in [4.69, 9.17) is 0 Å². The van der Waals surface area contributed by atoms with Crippen LogP contribution < -0.4 is 0 Å². The molecular formula is C31H52. The van der Waals surface area contributed by atoms with E-state index >= 15 is 0 Å². The predicted octanol–water partition coefficient (Wildman–Crippen LogP) is 9.30. The first kappa shape index (κ1) is 22.5. The third kappa shape index (κ3) is 2.66. The Labute approximate surface area is 194 Å². The molecule has 5 aliphatic rings. The predicted molar refractivity (Wildman–Crippen MR) is 134 cm³/mol. The molecule has 5 rings (SSSR count). The van der Waals surface area contributed by atoms with Gasteiger partial charge in [-0.2, -0.15) is 0 Å². The summed E-state index contributed by atoms with van der Waals surface area (Å²) in [6, 6.07) is 0. The lowest BCUT2D eigenvalue weighted by molar-refractivity contribution is -0.240. The normalized spacial score (nSPS) is 57.9. The van der Waals surface area contributed by atoms with E-state index in [0.717, 1.165) is 35.5 Å². The third-order valence-electron chi connectivity index (χ3n) is 14.0. The maximum atomic E-state index is 4.51. The molecule has 176 valence electrons. The van der Waals surface area contributed by atoms with Crippen LogP contribution >= 0.6 is 0 Å². The van der Waals surface area contributed by atoms with Crippen LogP contribution in [0.3, 0.4) is 0 Å². The summed E-state index contributed by atoms with van der Waals surface area (Å²) >= 11 is 0. The molecule has 0 bridgehead atoms. The van der Waals surface area contributed by atoms with Crippen LogP contribution in [0.4, 0.5) is 0 Å². The van der Waals surface area contributed by atoms with Gasteiger partial charge >= 0.3 is 0 Å². The zero-order chi connectivity index (χ0) is 22.6. The highest BCUT2D eigenvalue weighted by Crippen LogP contribution is 2.77. The van der Waals surface area contributed by atoms with Crippen molar-refractivity contribution in [1.29, 1.82) is 0 Å². The van der Waals surface area contributed by atoms with Crippen molar-refractivity contribution in [2.45, 2.75) is 120 Å². The van der Waals surface area contributed by atoms with Gasteiger partial charge in [0, 0.05) is 0 Å². The van der Waals surface area contributed by atoms with Crippen molar-refractivity contribution < 1.29 is 0 Å². The molecule has 0 nitrogen and oxygen atoms in total. The van der Waals surface area contributed by atoms with Crippen molar-refractivity contribution in [3.05, 3.63) is 12.2 Å². The van der Waals surface area contributed by atoms with Gasteiger partial charge in [-0.15, -0.1) is 0 Å². The van der Waals surface area contributed by atoms with Gasteiger partial charge in [0.1, 0.15) is 0 Å². The largest absolute Gasteiger partial charge is 0.0998 e. The lowest BCUT2D eigenvalue weighted by Gasteiger charge is -2.73. The summed E-state index contributed by atoms with van der Waals surface area (Å²) in [5, 5.41) is 0. The fraction of sp³-hybridized carbons (Fsp3) is 0.935. The van der Waals surface area contributed by atoms with Crippen molar-refractivity contribution in [2.24, 2.45) is 62.6 Å². The highest BCUT2D eigenvalue weighted by Gasteiger charge is 2.69. The van der Waals surface area contributed by atoms with Crippen LogP contribution in [0.1, 0.15) is 120 Å². The van der Waals surface area contributed by atoms with Gasteiger partial charge in [0.25, 0.3) is 0 Å². The molecule has 0 heteroatoms. The average molecular weight is 425 g/mol. The molecule has 0 aromatic rings. The highest BCUT2D eigenvalue weighted by atomic mass is 14.7. The summed E-state index contributed by atoms with van der Waals surface area (Å²) in [5.41, 5.74) is 4.19. The van der Waals surface area contributed by atoms with Gasteiger partial charge in [-0.25, -0.2) is 0 Å². The standard InChI is InChI=1S/C31H52/c1-20(2)22-13-15-28(6)18-19-30(8)23(26(22)28)10-11-25-29(7)16-12-21(3)27(4,5)24(29)14-17-31(25,30)9/h21-26H,1,10-19H2,2-9H3/t21?,22?,23?,24?,25?,26?,28?,29?,30-,31?/m1/s1. The van der Waals surface area contributed by atoms with Crippen LogP contribution in [-0.4, -0.2) is 0 Å². The summed E-state index contributed by atoms with van der Waals surface area (Å²) in [5.74, 6) is 5.34. The van der Waals surface area contributed by atoms with E-state index in [2.05, 4.69) is 62.0 Å². The minimum atomic E-state index is 0.508. The molecule has 0 amide bonds. The zero-order valence-electron chi connectivity index (χ0n) is 22.2. The van der Waals surface area contributed by atoms with E-state index in [-0.39, 0.29) is 0 Å². The molecule has 10 atom stereocenters. The van der Waals surface area contributed by atoms with Crippen LogP contribution in [0.5, 0.6) is 0 Å². The van der Waals surface area contributed by atoms with E-state index in [1.54, 1.807) is 0 Å². The lowest BCUT2D eigenvalue weighted by Crippen LogP contribution is -2.65. The van der Waals surface area contributed by atoms with Crippen molar-refractivity contribution >= 4 is 0 Å². The molecule has 0 aromatic heterocycles. The van der Waals surface area contributed by atoms with Gasteiger partial charge in [-0.3, -0.25) is 0 Å². The summed E-state index contributed by atoms with van der Waals surface area (Å²) in [4.78, 5) is 0. The van der Waals surface area contributed by atoms with Crippen LogP contribution in [-0.2, 0) is 0 Å². The molecule has 31 heavy (non-hydrogen) atoms. The molecule has 0 N–H and O–H groups in total. The molecule has 0 heterocycles. The van der Waals surface area contributed by atoms with E-state index in [9.17, 15) is 0 Å². The Bertz CT molecular complexity index is 760. The number of allylic oxidation sites excluding steroid dienone is 1. The first-order chi connectivity index (χ1) is 14.3. The van der Waals surface area contributed by atoms with Gasteiger partial charge < -0.3 is 0 Å². The molecule has 0 saturated heterocycles. The molecule has 5 aliphatic carbocycles. The number of fused-ring (bicyclic) bond motifs is 7. The first-order valence-corrected chi connectivity index (χ1v) is 14.0. The third-order valence-corrected chi connectivity index (χ3v) is 14.0. The average Bonchev–Trinajstić information content (AvgIpc) is 3.04. The fourth-order valence-electron chi connectivity index (χ4n) is 11.7. The summed E-state index contributed by atoms with van der Waals surface area (Å²) in [7, 11) is 0. The van der Waals surface area contributed by atoms with E-state index < -0.39 is 0 Å². The van der Waals surface area contributed by atoms with Gasteiger partial charge in [0.15, 0.2) is 0 Å². The topological polar surface area (TPSA) is 0 Å². The summed E-state index contributed by atoms with van der Waals surface area (Å²) < 4.78 is 0.